The van der Waals surface area contributed by atoms with E-state index in [1.165, 1.54) is 25.7 Å². The molecule has 1 aromatic carbocycles. The van der Waals surface area contributed by atoms with Gasteiger partial charge in [-0.25, -0.2) is 0 Å². The summed E-state index contributed by atoms with van der Waals surface area (Å²) in [6.45, 7) is 0. The minimum Gasteiger partial charge on any atom is -0.353 e. The molecule has 2 bridgehead atoms. The van der Waals surface area contributed by atoms with Gasteiger partial charge in [-0.1, -0.05) is 35.7 Å². The van der Waals surface area contributed by atoms with Crippen molar-refractivity contribution in [1.82, 2.24) is 5.32 Å². The molecule has 2 aliphatic rings. The molecule has 2 fully saturated rings. The summed E-state index contributed by atoms with van der Waals surface area (Å²) in [5.74, 6) is 1.69. The highest BCUT2D eigenvalue weighted by Crippen LogP contribution is 2.44. The Bertz CT molecular complexity index is 497. The van der Waals surface area contributed by atoms with Gasteiger partial charge in [0.1, 0.15) is 0 Å². The van der Waals surface area contributed by atoms with Crippen LogP contribution in [0, 0.1) is 11.8 Å². The van der Waals surface area contributed by atoms with Crippen molar-refractivity contribution < 1.29 is 4.79 Å². The lowest BCUT2D eigenvalue weighted by Gasteiger charge is -2.23. The van der Waals surface area contributed by atoms with E-state index in [1.54, 1.807) is 0 Å². The molecular weight excluding hydrogens is 293 g/mol. The van der Waals surface area contributed by atoms with E-state index in [0.29, 0.717) is 34.8 Å². The molecule has 0 heterocycles. The fourth-order valence-corrected chi connectivity index (χ4v) is 4.30. The number of amides is 1. The molecule has 2 saturated carbocycles. The van der Waals surface area contributed by atoms with E-state index in [1.807, 2.05) is 18.2 Å². The molecule has 0 aromatic heterocycles. The third-order valence-corrected chi connectivity index (χ3v) is 5.46. The molecule has 2 aliphatic carbocycles. The zero-order valence-electron chi connectivity index (χ0n) is 11.4. The SMILES string of the molecule is O=C(CCc1c(Cl)cccc1Cl)N[C@@H]1C[C@@H]2CC[C@@H]1C2. The monoisotopic (exact) mass is 311 g/mol. The molecule has 4 heteroatoms. The normalized spacial score (nSPS) is 27.8. The Morgan fingerprint density at radius 3 is 2.55 bits per heavy atom. The highest BCUT2D eigenvalue weighted by atomic mass is 35.5. The molecule has 0 radical (unpaired) electrons. The zero-order chi connectivity index (χ0) is 14.1. The third-order valence-electron chi connectivity index (χ3n) is 4.75. The van der Waals surface area contributed by atoms with Gasteiger partial charge in [0.2, 0.25) is 5.91 Å². The maximum Gasteiger partial charge on any atom is 0.220 e. The van der Waals surface area contributed by atoms with E-state index in [0.717, 1.165) is 11.5 Å². The van der Waals surface area contributed by atoms with Crippen molar-refractivity contribution in [2.45, 2.75) is 44.6 Å². The molecule has 108 valence electrons. The van der Waals surface area contributed by atoms with Crippen LogP contribution in [0.2, 0.25) is 10.0 Å². The van der Waals surface area contributed by atoms with Crippen LogP contribution >= 0.6 is 23.2 Å². The molecule has 1 amide bonds. The van der Waals surface area contributed by atoms with Crippen molar-refractivity contribution in [2.24, 2.45) is 11.8 Å². The summed E-state index contributed by atoms with van der Waals surface area (Å²) < 4.78 is 0. The largest absolute Gasteiger partial charge is 0.353 e. The lowest BCUT2D eigenvalue weighted by molar-refractivity contribution is -0.122. The number of halogens is 2. The van der Waals surface area contributed by atoms with Gasteiger partial charge in [-0.05, 0) is 55.2 Å². The van der Waals surface area contributed by atoms with E-state index in [4.69, 9.17) is 23.2 Å². The van der Waals surface area contributed by atoms with Gasteiger partial charge in [-0.15, -0.1) is 0 Å². The molecule has 3 atom stereocenters. The number of carbonyl (C=O) groups excluding carboxylic acids is 1. The van der Waals surface area contributed by atoms with E-state index < -0.39 is 0 Å². The molecule has 1 N–H and O–H groups in total. The topological polar surface area (TPSA) is 29.1 Å². The minimum absolute atomic E-state index is 0.124. The van der Waals surface area contributed by atoms with Crippen LogP contribution in [0.3, 0.4) is 0 Å². The molecule has 0 spiro atoms. The van der Waals surface area contributed by atoms with E-state index in [9.17, 15) is 4.79 Å². The molecule has 0 unspecified atom stereocenters. The molecule has 0 saturated heterocycles. The Balaban J connectivity index is 1.52. The van der Waals surface area contributed by atoms with Crippen molar-refractivity contribution in [3.05, 3.63) is 33.8 Å². The highest BCUT2D eigenvalue weighted by Gasteiger charge is 2.39. The molecule has 3 rings (SSSR count). The number of hydrogen-bond donors (Lipinski definition) is 1. The molecule has 2 nitrogen and oxygen atoms in total. The van der Waals surface area contributed by atoms with Crippen LogP contribution in [-0.2, 0) is 11.2 Å². The Kier molecular flexibility index (Phi) is 4.23. The summed E-state index contributed by atoms with van der Waals surface area (Å²) in [5, 5.41) is 4.48. The molecule has 0 aliphatic heterocycles. The smallest absolute Gasteiger partial charge is 0.220 e. The average molecular weight is 312 g/mol. The predicted octanol–water partition coefficient (Wildman–Crippen LogP) is 4.23. The molecule has 1 aromatic rings. The quantitative estimate of drug-likeness (QED) is 0.885. The van der Waals surface area contributed by atoms with Crippen LogP contribution in [0.25, 0.3) is 0 Å². The number of benzene rings is 1. The van der Waals surface area contributed by atoms with Gasteiger partial charge in [-0.3, -0.25) is 4.79 Å². The summed E-state index contributed by atoms with van der Waals surface area (Å²) in [6, 6.07) is 5.86. The highest BCUT2D eigenvalue weighted by molar-refractivity contribution is 6.36. The van der Waals surface area contributed by atoms with Gasteiger partial charge in [0.15, 0.2) is 0 Å². The summed E-state index contributed by atoms with van der Waals surface area (Å²) in [7, 11) is 0. The van der Waals surface area contributed by atoms with Crippen molar-refractivity contribution in [3.8, 4) is 0 Å². The van der Waals surface area contributed by atoms with Gasteiger partial charge in [-0.2, -0.15) is 0 Å². The van der Waals surface area contributed by atoms with Gasteiger partial charge in [0.25, 0.3) is 0 Å². The summed E-state index contributed by atoms with van der Waals surface area (Å²) in [5.41, 5.74) is 0.874. The van der Waals surface area contributed by atoms with Gasteiger partial charge in [0.05, 0.1) is 0 Å². The summed E-state index contributed by atoms with van der Waals surface area (Å²) in [6.07, 6.45) is 6.17. The first kappa shape index (κ1) is 14.2. The second-order valence-electron chi connectivity index (χ2n) is 6.05. The lowest BCUT2D eigenvalue weighted by atomic mass is 9.95. The fourth-order valence-electron chi connectivity index (χ4n) is 3.71. The zero-order valence-corrected chi connectivity index (χ0v) is 12.9. The summed E-state index contributed by atoms with van der Waals surface area (Å²) in [4.78, 5) is 12.1. The average Bonchev–Trinajstić information content (AvgIpc) is 3.00. The summed E-state index contributed by atoms with van der Waals surface area (Å²) >= 11 is 12.2. The Morgan fingerprint density at radius 2 is 1.95 bits per heavy atom. The minimum atomic E-state index is 0.124. The van der Waals surface area contributed by atoms with Crippen molar-refractivity contribution in [2.75, 3.05) is 0 Å². The van der Waals surface area contributed by atoms with Crippen LogP contribution in [0.15, 0.2) is 18.2 Å². The Morgan fingerprint density at radius 1 is 1.20 bits per heavy atom. The maximum atomic E-state index is 12.1. The number of rotatable bonds is 4. The van der Waals surface area contributed by atoms with Gasteiger partial charge < -0.3 is 5.32 Å². The standard InChI is InChI=1S/C16H19Cl2NO/c17-13-2-1-3-14(18)12(13)6-7-16(20)19-15-9-10-4-5-11(15)8-10/h1-3,10-11,15H,4-9H2,(H,19,20)/t10-,11-,15-/m1/s1. The second-order valence-corrected chi connectivity index (χ2v) is 6.86. The fraction of sp³-hybridized carbons (Fsp3) is 0.562. The number of carbonyl (C=O) groups is 1. The van der Waals surface area contributed by atoms with Crippen molar-refractivity contribution in [3.63, 3.8) is 0 Å². The van der Waals surface area contributed by atoms with Crippen LogP contribution in [0.1, 0.15) is 37.7 Å². The van der Waals surface area contributed by atoms with Crippen LogP contribution in [0.4, 0.5) is 0 Å². The second kappa shape index (κ2) is 5.95. The first-order valence-electron chi connectivity index (χ1n) is 7.35. The number of nitrogens with one attached hydrogen (secondary N) is 1. The number of hydrogen-bond acceptors (Lipinski definition) is 1. The van der Waals surface area contributed by atoms with Crippen LogP contribution in [0.5, 0.6) is 0 Å². The molecule has 20 heavy (non-hydrogen) atoms. The molecular formula is C16H19Cl2NO. The van der Waals surface area contributed by atoms with E-state index in [-0.39, 0.29) is 5.91 Å². The Hall–Kier alpha value is -0.730. The van der Waals surface area contributed by atoms with E-state index >= 15 is 0 Å². The van der Waals surface area contributed by atoms with Gasteiger partial charge >= 0.3 is 0 Å². The number of fused-ring (bicyclic) bond motifs is 2. The van der Waals surface area contributed by atoms with Crippen LogP contribution in [-0.4, -0.2) is 11.9 Å². The van der Waals surface area contributed by atoms with Crippen LogP contribution < -0.4 is 5.32 Å². The van der Waals surface area contributed by atoms with Crippen molar-refractivity contribution in [1.29, 1.82) is 0 Å². The maximum absolute atomic E-state index is 12.1. The van der Waals surface area contributed by atoms with Gasteiger partial charge in [0, 0.05) is 22.5 Å². The lowest BCUT2D eigenvalue weighted by Crippen LogP contribution is -2.38. The third kappa shape index (κ3) is 2.96. The predicted molar refractivity (Wildman–Crippen MR) is 82.2 cm³/mol. The van der Waals surface area contributed by atoms with Crippen molar-refractivity contribution >= 4 is 29.1 Å². The first-order valence-corrected chi connectivity index (χ1v) is 8.11. The van der Waals surface area contributed by atoms with E-state index in [2.05, 4.69) is 5.32 Å². The Labute approximate surface area is 129 Å². The first-order chi connectivity index (χ1) is 9.63.